The van der Waals surface area contributed by atoms with Crippen LogP contribution in [0.25, 0.3) is 0 Å². The van der Waals surface area contributed by atoms with Crippen molar-refractivity contribution in [3.8, 4) is 0 Å². The van der Waals surface area contributed by atoms with Crippen molar-refractivity contribution in [1.82, 2.24) is 10.2 Å². The quantitative estimate of drug-likeness (QED) is 0.665. The zero-order valence-electron chi connectivity index (χ0n) is 13.0. The lowest BCUT2D eigenvalue weighted by Gasteiger charge is -2.43. The van der Waals surface area contributed by atoms with Crippen LogP contribution in [0.5, 0.6) is 0 Å². The number of nitrogens with one attached hydrogen (secondary N) is 1. The molecule has 3 unspecified atom stereocenters. The van der Waals surface area contributed by atoms with Gasteiger partial charge in [0.25, 0.3) is 0 Å². The van der Waals surface area contributed by atoms with E-state index in [1.165, 1.54) is 58.2 Å². The second-order valence-corrected chi connectivity index (χ2v) is 6.05. The van der Waals surface area contributed by atoms with E-state index in [2.05, 4.69) is 37.9 Å². The van der Waals surface area contributed by atoms with Crippen molar-refractivity contribution in [2.45, 2.75) is 78.3 Å². The summed E-state index contributed by atoms with van der Waals surface area (Å²) in [6.07, 6.45) is 8.12. The van der Waals surface area contributed by atoms with E-state index in [0.717, 1.165) is 18.0 Å². The number of rotatable bonds is 8. The van der Waals surface area contributed by atoms with E-state index in [0.29, 0.717) is 0 Å². The average molecular weight is 254 g/mol. The molecule has 18 heavy (non-hydrogen) atoms. The number of nitrogens with zero attached hydrogens (tertiary/aromatic N) is 1. The predicted molar refractivity (Wildman–Crippen MR) is 81.0 cm³/mol. The molecule has 2 heteroatoms. The van der Waals surface area contributed by atoms with Gasteiger partial charge in [0.05, 0.1) is 0 Å². The van der Waals surface area contributed by atoms with E-state index in [-0.39, 0.29) is 0 Å². The lowest BCUT2D eigenvalue weighted by atomic mass is 9.86. The van der Waals surface area contributed by atoms with Crippen LogP contribution in [0, 0.1) is 5.92 Å². The van der Waals surface area contributed by atoms with Gasteiger partial charge in [-0.05, 0) is 51.7 Å². The summed E-state index contributed by atoms with van der Waals surface area (Å²) in [5, 5.41) is 3.72. The predicted octanol–water partition coefficient (Wildman–Crippen LogP) is 3.67. The van der Waals surface area contributed by atoms with Crippen LogP contribution in [-0.4, -0.2) is 36.6 Å². The Balaban J connectivity index is 2.28. The summed E-state index contributed by atoms with van der Waals surface area (Å²) in [5.41, 5.74) is 0. The summed E-state index contributed by atoms with van der Waals surface area (Å²) >= 11 is 0. The molecule has 1 rings (SSSR count). The summed E-state index contributed by atoms with van der Waals surface area (Å²) in [4.78, 5) is 2.71. The van der Waals surface area contributed by atoms with Crippen LogP contribution in [0.2, 0.25) is 0 Å². The third kappa shape index (κ3) is 4.89. The maximum absolute atomic E-state index is 3.72. The molecular formula is C16H34N2. The maximum atomic E-state index is 3.72. The van der Waals surface area contributed by atoms with Gasteiger partial charge in [0.1, 0.15) is 0 Å². The molecule has 1 aliphatic rings. The van der Waals surface area contributed by atoms with Crippen molar-refractivity contribution < 1.29 is 0 Å². The van der Waals surface area contributed by atoms with Gasteiger partial charge in [-0.15, -0.1) is 0 Å². The fourth-order valence-corrected chi connectivity index (χ4v) is 3.11. The summed E-state index contributed by atoms with van der Waals surface area (Å²) in [7, 11) is 0. The van der Waals surface area contributed by atoms with Crippen molar-refractivity contribution in [2.75, 3.05) is 19.6 Å². The van der Waals surface area contributed by atoms with Gasteiger partial charge in [0, 0.05) is 12.1 Å². The van der Waals surface area contributed by atoms with Crippen molar-refractivity contribution in [2.24, 2.45) is 5.92 Å². The first-order valence-electron chi connectivity index (χ1n) is 8.18. The van der Waals surface area contributed by atoms with Gasteiger partial charge < -0.3 is 10.2 Å². The standard InChI is InChI=1S/C16H34N2/c1-5-7-8-9-12-18-13-10-16(17-11-6-2)14(3)15(18)4/h14-17H,5-13H2,1-4H3. The molecule has 0 amide bonds. The van der Waals surface area contributed by atoms with E-state index in [9.17, 15) is 0 Å². The second kappa shape index (κ2) is 8.92. The molecule has 1 fully saturated rings. The molecule has 1 aliphatic heterocycles. The number of hydrogen-bond acceptors (Lipinski definition) is 2. The maximum Gasteiger partial charge on any atom is 0.0120 e. The molecule has 0 aliphatic carbocycles. The Morgan fingerprint density at radius 3 is 2.50 bits per heavy atom. The van der Waals surface area contributed by atoms with Crippen LogP contribution < -0.4 is 5.32 Å². The zero-order chi connectivity index (χ0) is 13.4. The van der Waals surface area contributed by atoms with E-state index in [1.54, 1.807) is 0 Å². The third-order valence-electron chi connectivity index (χ3n) is 4.65. The molecule has 1 heterocycles. The number of unbranched alkanes of at least 4 members (excludes halogenated alkanes) is 3. The van der Waals surface area contributed by atoms with Crippen molar-refractivity contribution in [3.63, 3.8) is 0 Å². The molecule has 0 radical (unpaired) electrons. The highest BCUT2D eigenvalue weighted by Gasteiger charge is 2.31. The van der Waals surface area contributed by atoms with E-state index in [1.807, 2.05) is 0 Å². The molecule has 0 aromatic rings. The fourth-order valence-electron chi connectivity index (χ4n) is 3.11. The molecule has 0 aromatic heterocycles. The Labute approximate surface area is 115 Å². The molecule has 0 spiro atoms. The van der Waals surface area contributed by atoms with Gasteiger partial charge in [0.15, 0.2) is 0 Å². The molecule has 3 atom stereocenters. The molecule has 0 bridgehead atoms. The number of piperidine rings is 1. The molecule has 1 N–H and O–H groups in total. The van der Waals surface area contributed by atoms with E-state index >= 15 is 0 Å². The smallest absolute Gasteiger partial charge is 0.0120 e. The third-order valence-corrected chi connectivity index (χ3v) is 4.65. The highest BCUT2D eigenvalue weighted by molar-refractivity contribution is 4.88. The van der Waals surface area contributed by atoms with Crippen LogP contribution in [0.1, 0.15) is 66.2 Å². The number of likely N-dealkylation sites (tertiary alicyclic amines) is 1. The Morgan fingerprint density at radius 2 is 1.83 bits per heavy atom. The van der Waals surface area contributed by atoms with Crippen LogP contribution in [0.4, 0.5) is 0 Å². The first-order valence-corrected chi connectivity index (χ1v) is 8.18. The Bertz CT molecular complexity index is 205. The Hall–Kier alpha value is -0.0800. The molecule has 0 aromatic carbocycles. The van der Waals surface area contributed by atoms with Gasteiger partial charge in [-0.3, -0.25) is 0 Å². The molecular weight excluding hydrogens is 220 g/mol. The summed E-state index contributed by atoms with van der Waals surface area (Å²) in [6.45, 7) is 13.2. The molecule has 0 saturated carbocycles. The highest BCUT2D eigenvalue weighted by Crippen LogP contribution is 2.24. The first kappa shape index (κ1) is 16.0. The van der Waals surface area contributed by atoms with Crippen LogP contribution >= 0.6 is 0 Å². The van der Waals surface area contributed by atoms with E-state index in [4.69, 9.17) is 0 Å². The largest absolute Gasteiger partial charge is 0.314 e. The minimum Gasteiger partial charge on any atom is -0.314 e. The van der Waals surface area contributed by atoms with Crippen molar-refractivity contribution in [1.29, 1.82) is 0 Å². The summed E-state index contributed by atoms with van der Waals surface area (Å²) in [5.74, 6) is 0.788. The minimum absolute atomic E-state index is 0.742. The Kier molecular flexibility index (Phi) is 7.92. The Morgan fingerprint density at radius 1 is 1.06 bits per heavy atom. The average Bonchev–Trinajstić information content (AvgIpc) is 2.38. The van der Waals surface area contributed by atoms with Gasteiger partial charge in [0.2, 0.25) is 0 Å². The van der Waals surface area contributed by atoms with Gasteiger partial charge >= 0.3 is 0 Å². The molecule has 1 saturated heterocycles. The van der Waals surface area contributed by atoms with E-state index < -0.39 is 0 Å². The number of hydrogen-bond donors (Lipinski definition) is 1. The van der Waals surface area contributed by atoms with Crippen LogP contribution in [0.15, 0.2) is 0 Å². The SMILES string of the molecule is CCCCCCN1CCC(NCCC)C(C)C1C. The van der Waals surface area contributed by atoms with Crippen LogP contribution in [0.3, 0.4) is 0 Å². The molecule has 108 valence electrons. The van der Waals surface area contributed by atoms with Crippen molar-refractivity contribution in [3.05, 3.63) is 0 Å². The zero-order valence-corrected chi connectivity index (χ0v) is 13.0. The van der Waals surface area contributed by atoms with Gasteiger partial charge in [-0.2, -0.15) is 0 Å². The van der Waals surface area contributed by atoms with Crippen molar-refractivity contribution >= 4 is 0 Å². The lowest BCUT2D eigenvalue weighted by Crippen LogP contribution is -2.53. The minimum atomic E-state index is 0.742. The monoisotopic (exact) mass is 254 g/mol. The molecule has 2 nitrogen and oxygen atoms in total. The summed E-state index contributed by atoms with van der Waals surface area (Å²) in [6, 6.07) is 1.49. The summed E-state index contributed by atoms with van der Waals surface area (Å²) < 4.78 is 0. The first-order chi connectivity index (χ1) is 8.70. The van der Waals surface area contributed by atoms with Crippen LogP contribution in [-0.2, 0) is 0 Å². The topological polar surface area (TPSA) is 15.3 Å². The van der Waals surface area contributed by atoms with Gasteiger partial charge in [-0.25, -0.2) is 0 Å². The lowest BCUT2D eigenvalue weighted by molar-refractivity contribution is 0.0833. The normalized spacial score (nSPS) is 29.7. The van der Waals surface area contributed by atoms with Gasteiger partial charge in [-0.1, -0.05) is 40.0 Å². The highest BCUT2D eigenvalue weighted by atomic mass is 15.2. The second-order valence-electron chi connectivity index (χ2n) is 6.05. The fraction of sp³-hybridized carbons (Fsp3) is 1.00.